The molecule has 2 amide bonds. The fourth-order valence-corrected chi connectivity index (χ4v) is 4.24. The van der Waals surface area contributed by atoms with Gasteiger partial charge in [-0.3, -0.25) is 14.5 Å². The summed E-state index contributed by atoms with van der Waals surface area (Å²) >= 11 is 4.45. The summed E-state index contributed by atoms with van der Waals surface area (Å²) < 4.78 is 0.884. The molecule has 1 heterocycles. The van der Waals surface area contributed by atoms with Gasteiger partial charge in [0.25, 0.3) is 11.1 Å². The molecule has 1 aliphatic heterocycles. The van der Waals surface area contributed by atoms with Crippen LogP contribution in [0.2, 0.25) is 0 Å². The highest BCUT2D eigenvalue weighted by atomic mass is 79.9. The van der Waals surface area contributed by atoms with Crippen molar-refractivity contribution in [1.82, 2.24) is 4.90 Å². The first-order valence-corrected chi connectivity index (χ1v) is 10.4. The van der Waals surface area contributed by atoms with Gasteiger partial charge in [0, 0.05) is 4.47 Å². The molecule has 3 aromatic carbocycles. The summed E-state index contributed by atoms with van der Waals surface area (Å²) in [6.07, 6.45) is 1.78. The number of imide groups is 1. The normalized spacial score (nSPS) is 15.5. The Balaban J connectivity index is 1.53. The highest BCUT2D eigenvalue weighted by molar-refractivity contribution is 9.10. The van der Waals surface area contributed by atoms with Gasteiger partial charge in [-0.2, -0.15) is 0 Å². The number of hydrogen-bond acceptors (Lipinski definition) is 3. The highest BCUT2D eigenvalue weighted by Gasteiger charge is 2.35. The zero-order valence-corrected chi connectivity index (χ0v) is 17.2. The minimum atomic E-state index is -0.252. The number of carbonyl (C=O) groups is 2. The largest absolute Gasteiger partial charge is 0.293 e. The number of hydrogen-bond donors (Lipinski definition) is 0. The topological polar surface area (TPSA) is 37.4 Å². The lowest BCUT2D eigenvalue weighted by atomic mass is 10.0. The Kier molecular flexibility index (Phi) is 5.46. The molecule has 1 aliphatic rings. The first-order chi connectivity index (χ1) is 13.6. The van der Waals surface area contributed by atoms with Crippen LogP contribution >= 0.6 is 27.7 Å². The van der Waals surface area contributed by atoms with E-state index in [9.17, 15) is 9.59 Å². The van der Waals surface area contributed by atoms with E-state index in [1.165, 1.54) is 4.90 Å². The smallest absolute Gasteiger partial charge is 0.268 e. The third-order valence-electron chi connectivity index (χ3n) is 4.48. The van der Waals surface area contributed by atoms with Crippen molar-refractivity contribution < 1.29 is 9.59 Å². The standard InChI is InChI=1S/C23H16BrNO2S/c24-20-9-5-4-8-19(20)15-25-22(26)21(28-23(25)27)14-16-10-12-18(13-11-16)17-6-2-1-3-7-17/h1-14H,15H2/b21-14-. The molecule has 0 aromatic heterocycles. The average Bonchev–Trinajstić information content (AvgIpc) is 2.98. The number of rotatable bonds is 4. The van der Waals surface area contributed by atoms with Crippen LogP contribution in [0.25, 0.3) is 17.2 Å². The Bertz CT molecular complexity index is 1060. The van der Waals surface area contributed by atoms with Crippen molar-refractivity contribution in [3.05, 3.63) is 99.4 Å². The van der Waals surface area contributed by atoms with Gasteiger partial charge < -0.3 is 0 Å². The van der Waals surface area contributed by atoms with Crippen molar-refractivity contribution in [3.8, 4) is 11.1 Å². The van der Waals surface area contributed by atoms with Gasteiger partial charge >= 0.3 is 0 Å². The average molecular weight is 450 g/mol. The Morgan fingerprint density at radius 1 is 0.821 bits per heavy atom. The van der Waals surface area contributed by atoms with Gasteiger partial charge in [-0.25, -0.2) is 0 Å². The fraction of sp³-hybridized carbons (Fsp3) is 0.0435. The molecule has 3 nitrogen and oxygen atoms in total. The van der Waals surface area contributed by atoms with Gasteiger partial charge in [-0.1, -0.05) is 88.7 Å². The summed E-state index contributed by atoms with van der Waals surface area (Å²) in [6.45, 7) is 0.260. The van der Waals surface area contributed by atoms with E-state index in [1.807, 2.05) is 66.7 Å². The molecule has 0 radical (unpaired) electrons. The SMILES string of the molecule is O=C1S/C(=C\c2ccc(-c3ccccc3)cc2)C(=O)N1Cc1ccccc1Br. The second kappa shape index (κ2) is 8.17. The molecule has 0 atom stereocenters. The summed E-state index contributed by atoms with van der Waals surface area (Å²) in [5, 5.41) is -0.243. The summed E-state index contributed by atoms with van der Waals surface area (Å²) in [4.78, 5) is 26.8. The lowest BCUT2D eigenvalue weighted by molar-refractivity contribution is -0.123. The molecule has 0 N–H and O–H groups in total. The Labute approximate surface area is 176 Å². The van der Waals surface area contributed by atoms with Crippen LogP contribution in [0.5, 0.6) is 0 Å². The minimum absolute atomic E-state index is 0.243. The van der Waals surface area contributed by atoms with Gasteiger partial charge in [0.15, 0.2) is 0 Å². The molecular formula is C23H16BrNO2S. The molecule has 0 saturated carbocycles. The zero-order chi connectivity index (χ0) is 19.5. The van der Waals surface area contributed by atoms with Crippen molar-refractivity contribution in [2.75, 3.05) is 0 Å². The maximum absolute atomic E-state index is 12.7. The lowest BCUT2D eigenvalue weighted by Gasteiger charge is -2.13. The van der Waals surface area contributed by atoms with Crippen LogP contribution < -0.4 is 0 Å². The molecular weight excluding hydrogens is 434 g/mol. The Hall–Kier alpha value is -2.63. The first-order valence-electron chi connectivity index (χ1n) is 8.76. The van der Waals surface area contributed by atoms with Gasteiger partial charge in [0.2, 0.25) is 0 Å². The molecule has 28 heavy (non-hydrogen) atoms. The van der Waals surface area contributed by atoms with Crippen molar-refractivity contribution in [1.29, 1.82) is 0 Å². The van der Waals surface area contributed by atoms with E-state index in [1.54, 1.807) is 6.08 Å². The third-order valence-corrected chi connectivity index (χ3v) is 6.16. The molecule has 0 unspecified atom stereocenters. The van der Waals surface area contributed by atoms with Crippen LogP contribution in [-0.2, 0) is 11.3 Å². The molecule has 138 valence electrons. The van der Waals surface area contributed by atoms with Crippen molar-refractivity contribution in [2.45, 2.75) is 6.54 Å². The summed E-state index contributed by atoms with van der Waals surface area (Å²) in [6, 6.07) is 25.7. The predicted octanol–water partition coefficient (Wildman–Crippen LogP) is 6.35. The van der Waals surface area contributed by atoms with E-state index < -0.39 is 0 Å². The Morgan fingerprint density at radius 3 is 2.18 bits per heavy atom. The van der Waals surface area contributed by atoms with Crippen molar-refractivity contribution >= 4 is 44.9 Å². The fourth-order valence-electron chi connectivity index (χ4n) is 2.99. The van der Waals surface area contributed by atoms with Crippen LogP contribution in [-0.4, -0.2) is 16.0 Å². The molecule has 1 fully saturated rings. The molecule has 3 aromatic rings. The molecule has 0 bridgehead atoms. The minimum Gasteiger partial charge on any atom is -0.268 e. The number of thioether (sulfide) groups is 1. The number of benzene rings is 3. The van der Waals surface area contributed by atoms with E-state index in [0.29, 0.717) is 4.91 Å². The van der Waals surface area contributed by atoms with Gasteiger partial charge in [-0.15, -0.1) is 0 Å². The lowest BCUT2D eigenvalue weighted by Crippen LogP contribution is -2.27. The van der Waals surface area contributed by atoms with Crippen molar-refractivity contribution in [3.63, 3.8) is 0 Å². The molecule has 5 heteroatoms. The van der Waals surface area contributed by atoms with E-state index in [2.05, 4.69) is 28.1 Å². The van der Waals surface area contributed by atoms with Crippen LogP contribution in [0.1, 0.15) is 11.1 Å². The maximum atomic E-state index is 12.7. The summed E-state index contributed by atoms with van der Waals surface area (Å²) in [7, 11) is 0. The van der Waals surface area contributed by atoms with E-state index in [0.717, 1.165) is 38.5 Å². The second-order valence-corrected chi connectivity index (χ2v) is 8.19. The van der Waals surface area contributed by atoms with Gasteiger partial charge in [-0.05, 0) is 46.2 Å². The second-order valence-electron chi connectivity index (χ2n) is 6.35. The number of carbonyl (C=O) groups excluding carboxylic acids is 2. The van der Waals surface area contributed by atoms with Crippen LogP contribution in [0.4, 0.5) is 4.79 Å². The monoisotopic (exact) mass is 449 g/mol. The summed E-state index contributed by atoms with van der Waals surface area (Å²) in [5.41, 5.74) is 4.05. The van der Waals surface area contributed by atoms with E-state index in [4.69, 9.17) is 0 Å². The first kappa shape index (κ1) is 18.7. The summed E-state index contributed by atoms with van der Waals surface area (Å²) in [5.74, 6) is -0.252. The molecule has 0 spiro atoms. The van der Waals surface area contributed by atoms with Crippen LogP contribution in [0.3, 0.4) is 0 Å². The maximum Gasteiger partial charge on any atom is 0.293 e. The van der Waals surface area contributed by atoms with Crippen molar-refractivity contribution in [2.24, 2.45) is 0 Å². The predicted molar refractivity (Wildman–Crippen MR) is 118 cm³/mol. The molecule has 1 saturated heterocycles. The Morgan fingerprint density at radius 2 is 1.46 bits per heavy atom. The quantitative estimate of drug-likeness (QED) is 0.435. The molecule has 0 aliphatic carbocycles. The molecule has 4 rings (SSSR count). The third kappa shape index (κ3) is 3.96. The van der Waals surface area contributed by atoms with Gasteiger partial charge in [0.1, 0.15) is 0 Å². The number of amides is 2. The highest BCUT2D eigenvalue weighted by Crippen LogP contribution is 2.34. The van der Waals surface area contributed by atoms with Gasteiger partial charge in [0.05, 0.1) is 11.4 Å². The number of nitrogens with zero attached hydrogens (tertiary/aromatic N) is 1. The van der Waals surface area contributed by atoms with Crippen LogP contribution in [0.15, 0.2) is 88.2 Å². The van der Waals surface area contributed by atoms with Crippen LogP contribution in [0, 0.1) is 0 Å². The van der Waals surface area contributed by atoms with E-state index >= 15 is 0 Å². The van der Waals surface area contributed by atoms with E-state index in [-0.39, 0.29) is 17.7 Å². The number of halogens is 1. The zero-order valence-electron chi connectivity index (χ0n) is 14.8.